The van der Waals surface area contributed by atoms with E-state index in [1.54, 1.807) is 36.1 Å². The van der Waals surface area contributed by atoms with Crippen LogP contribution in [0.2, 0.25) is 0 Å². The Morgan fingerprint density at radius 3 is 2.70 bits per heavy atom. The molecular formula is C15H15N5O2S. The molecule has 118 valence electrons. The number of pyridine rings is 1. The third kappa shape index (κ3) is 3.54. The molecule has 0 aliphatic heterocycles. The van der Waals surface area contributed by atoms with Gasteiger partial charge in [0.15, 0.2) is 0 Å². The van der Waals surface area contributed by atoms with Crippen LogP contribution in [0.5, 0.6) is 0 Å². The average molecular weight is 329 g/mol. The lowest BCUT2D eigenvalue weighted by Crippen LogP contribution is -2.15. The summed E-state index contributed by atoms with van der Waals surface area (Å²) >= 11 is 0. The highest BCUT2D eigenvalue weighted by Crippen LogP contribution is 2.20. The van der Waals surface area contributed by atoms with Crippen molar-refractivity contribution < 1.29 is 8.42 Å². The first-order valence-corrected chi connectivity index (χ1v) is 8.39. The number of nitrogens with zero attached hydrogens (tertiary/aromatic N) is 4. The first kappa shape index (κ1) is 15.2. The summed E-state index contributed by atoms with van der Waals surface area (Å²) in [5, 5.41) is 4.04. The summed E-state index contributed by atoms with van der Waals surface area (Å²) in [6.07, 6.45) is 4.36. The predicted molar refractivity (Wildman–Crippen MR) is 85.3 cm³/mol. The first-order valence-electron chi connectivity index (χ1n) is 6.90. The summed E-state index contributed by atoms with van der Waals surface area (Å²) in [5.74, 6) is 0. The van der Waals surface area contributed by atoms with E-state index in [9.17, 15) is 8.42 Å². The predicted octanol–water partition coefficient (Wildman–Crippen LogP) is 1.83. The monoisotopic (exact) mass is 329 g/mol. The Bertz CT molecular complexity index is 890. The molecule has 0 spiro atoms. The molecular weight excluding hydrogens is 314 g/mol. The first-order chi connectivity index (χ1) is 11.0. The Morgan fingerprint density at radius 1 is 1.17 bits per heavy atom. The molecule has 0 atom stereocenters. The van der Waals surface area contributed by atoms with Crippen LogP contribution in [-0.4, -0.2) is 28.2 Å². The largest absolute Gasteiger partial charge is 0.279 e. The molecule has 1 aromatic carbocycles. The maximum absolute atomic E-state index is 12.5. The minimum absolute atomic E-state index is 0.124. The van der Waals surface area contributed by atoms with Gasteiger partial charge in [-0.2, -0.15) is 5.10 Å². The normalized spacial score (nSPS) is 11.3. The molecule has 7 nitrogen and oxygen atoms in total. The van der Waals surface area contributed by atoms with Crippen LogP contribution in [0.25, 0.3) is 0 Å². The fourth-order valence-corrected chi connectivity index (χ4v) is 3.11. The second kappa shape index (κ2) is 6.17. The van der Waals surface area contributed by atoms with Gasteiger partial charge in [-0.05, 0) is 30.7 Å². The lowest BCUT2D eigenvalue weighted by Gasteiger charge is -2.12. The van der Waals surface area contributed by atoms with Gasteiger partial charge in [0.2, 0.25) is 0 Å². The molecule has 0 saturated heterocycles. The molecule has 2 aromatic heterocycles. The Labute approximate surface area is 134 Å². The molecule has 0 saturated carbocycles. The SMILES string of the molecule is Cc1ccc(S(=O)(=O)Nc2ccccc2Cn2cncn2)cn1. The number of nitrogens with one attached hydrogen (secondary N) is 1. The highest BCUT2D eigenvalue weighted by molar-refractivity contribution is 7.92. The maximum Gasteiger partial charge on any atom is 0.263 e. The Kier molecular flexibility index (Phi) is 4.07. The van der Waals surface area contributed by atoms with Gasteiger partial charge in [0, 0.05) is 11.9 Å². The van der Waals surface area contributed by atoms with E-state index in [4.69, 9.17) is 0 Å². The van der Waals surface area contributed by atoms with Crippen molar-refractivity contribution in [2.45, 2.75) is 18.4 Å². The zero-order chi connectivity index (χ0) is 16.3. The van der Waals surface area contributed by atoms with Crippen LogP contribution in [0.4, 0.5) is 5.69 Å². The van der Waals surface area contributed by atoms with Crippen LogP contribution in [0, 0.1) is 6.92 Å². The molecule has 0 aliphatic carbocycles. The van der Waals surface area contributed by atoms with Crippen molar-refractivity contribution in [1.82, 2.24) is 19.7 Å². The molecule has 8 heteroatoms. The molecule has 2 heterocycles. The van der Waals surface area contributed by atoms with Crippen LogP contribution in [0.15, 0.2) is 60.1 Å². The zero-order valence-electron chi connectivity index (χ0n) is 12.4. The van der Waals surface area contributed by atoms with Crippen LogP contribution >= 0.6 is 0 Å². The number of hydrogen-bond donors (Lipinski definition) is 1. The van der Waals surface area contributed by atoms with Gasteiger partial charge in [0.05, 0.1) is 12.2 Å². The van der Waals surface area contributed by atoms with E-state index >= 15 is 0 Å². The van der Waals surface area contributed by atoms with Gasteiger partial charge >= 0.3 is 0 Å². The minimum Gasteiger partial charge on any atom is -0.279 e. The van der Waals surface area contributed by atoms with Crippen molar-refractivity contribution in [3.63, 3.8) is 0 Å². The molecule has 0 bridgehead atoms. The van der Waals surface area contributed by atoms with Crippen molar-refractivity contribution in [2.24, 2.45) is 0 Å². The number of para-hydroxylation sites is 1. The second-order valence-corrected chi connectivity index (χ2v) is 6.67. The van der Waals surface area contributed by atoms with Gasteiger partial charge < -0.3 is 0 Å². The van der Waals surface area contributed by atoms with E-state index < -0.39 is 10.0 Å². The van der Waals surface area contributed by atoms with Gasteiger partial charge in [-0.3, -0.25) is 9.71 Å². The maximum atomic E-state index is 12.5. The quantitative estimate of drug-likeness (QED) is 0.771. The number of anilines is 1. The van der Waals surface area contributed by atoms with E-state index in [2.05, 4.69) is 19.8 Å². The third-order valence-corrected chi connectivity index (χ3v) is 4.61. The number of aryl methyl sites for hydroxylation is 1. The van der Waals surface area contributed by atoms with Gasteiger partial charge in [-0.15, -0.1) is 0 Å². The molecule has 1 N–H and O–H groups in total. The highest BCUT2D eigenvalue weighted by atomic mass is 32.2. The van der Waals surface area contributed by atoms with Crippen molar-refractivity contribution >= 4 is 15.7 Å². The minimum atomic E-state index is -3.69. The van der Waals surface area contributed by atoms with Crippen LogP contribution in [0.3, 0.4) is 0 Å². The van der Waals surface area contributed by atoms with Crippen molar-refractivity contribution in [1.29, 1.82) is 0 Å². The summed E-state index contributed by atoms with van der Waals surface area (Å²) in [6, 6.07) is 10.4. The molecule has 0 radical (unpaired) electrons. The lowest BCUT2D eigenvalue weighted by atomic mass is 10.2. The summed E-state index contributed by atoms with van der Waals surface area (Å²) in [6.45, 7) is 2.22. The van der Waals surface area contributed by atoms with Gasteiger partial charge in [0.25, 0.3) is 10.0 Å². The zero-order valence-corrected chi connectivity index (χ0v) is 13.2. The van der Waals surface area contributed by atoms with Gasteiger partial charge in [-0.25, -0.2) is 18.1 Å². The van der Waals surface area contributed by atoms with Crippen LogP contribution in [-0.2, 0) is 16.6 Å². The summed E-state index contributed by atoms with van der Waals surface area (Å²) in [4.78, 5) is 8.04. The topological polar surface area (TPSA) is 89.8 Å². The van der Waals surface area contributed by atoms with E-state index in [-0.39, 0.29) is 4.90 Å². The summed E-state index contributed by atoms with van der Waals surface area (Å²) in [5.41, 5.74) is 2.06. The van der Waals surface area contributed by atoms with Crippen molar-refractivity contribution in [3.05, 3.63) is 66.5 Å². The second-order valence-electron chi connectivity index (χ2n) is 4.99. The molecule has 23 heavy (non-hydrogen) atoms. The number of sulfonamides is 1. The lowest BCUT2D eigenvalue weighted by molar-refractivity contribution is 0.600. The van der Waals surface area contributed by atoms with E-state index in [0.717, 1.165) is 11.3 Å². The van der Waals surface area contributed by atoms with Crippen molar-refractivity contribution in [3.8, 4) is 0 Å². The Hall–Kier alpha value is -2.74. The molecule has 0 unspecified atom stereocenters. The third-order valence-electron chi connectivity index (χ3n) is 3.26. The summed E-state index contributed by atoms with van der Waals surface area (Å²) in [7, 11) is -3.69. The average Bonchev–Trinajstić information content (AvgIpc) is 3.02. The number of hydrogen-bond acceptors (Lipinski definition) is 5. The number of rotatable bonds is 5. The Morgan fingerprint density at radius 2 is 2.00 bits per heavy atom. The van der Waals surface area contributed by atoms with E-state index in [1.807, 2.05) is 12.1 Å². The van der Waals surface area contributed by atoms with E-state index in [0.29, 0.717) is 12.2 Å². The number of benzene rings is 1. The smallest absolute Gasteiger partial charge is 0.263 e. The highest BCUT2D eigenvalue weighted by Gasteiger charge is 2.16. The number of aromatic nitrogens is 4. The van der Waals surface area contributed by atoms with E-state index in [1.165, 1.54) is 18.6 Å². The molecule has 3 aromatic rings. The fourth-order valence-electron chi connectivity index (χ4n) is 2.06. The molecule has 0 aliphatic rings. The van der Waals surface area contributed by atoms with Gasteiger partial charge in [-0.1, -0.05) is 18.2 Å². The van der Waals surface area contributed by atoms with Crippen LogP contribution in [0.1, 0.15) is 11.3 Å². The fraction of sp³-hybridized carbons (Fsp3) is 0.133. The van der Waals surface area contributed by atoms with Crippen LogP contribution < -0.4 is 4.72 Å². The molecule has 0 amide bonds. The molecule has 0 fully saturated rings. The summed E-state index contributed by atoms with van der Waals surface area (Å²) < 4.78 is 29.2. The molecule has 3 rings (SSSR count). The van der Waals surface area contributed by atoms with Gasteiger partial charge in [0.1, 0.15) is 17.6 Å². The Balaban J connectivity index is 1.89. The van der Waals surface area contributed by atoms with Crippen molar-refractivity contribution in [2.75, 3.05) is 4.72 Å². The standard InChI is InChI=1S/C15H15N5O2S/c1-12-6-7-14(8-17-12)23(21,22)19-15-5-3-2-4-13(15)9-20-11-16-10-18-20/h2-8,10-11,19H,9H2,1H3.